The Morgan fingerprint density at radius 1 is 1.26 bits per heavy atom. The van der Waals surface area contributed by atoms with E-state index in [9.17, 15) is 4.79 Å². The Morgan fingerprint density at radius 2 is 1.96 bits per heavy atom. The molecule has 0 saturated heterocycles. The number of benzene rings is 1. The standard InChI is InChI=1S/C17H17BrN4O/c1-10(2)22-16-15(9-19-22)14(8-11(3)20-16)17(23)21-13-6-4-12(18)5-7-13/h4-10H,1-3H3,(H,21,23). The minimum atomic E-state index is -0.161. The smallest absolute Gasteiger partial charge is 0.256 e. The molecule has 0 saturated carbocycles. The van der Waals surface area contributed by atoms with Crippen LogP contribution in [0.3, 0.4) is 0 Å². The van der Waals surface area contributed by atoms with Crippen molar-refractivity contribution in [3.63, 3.8) is 0 Å². The number of halogens is 1. The maximum absolute atomic E-state index is 12.7. The molecule has 0 bridgehead atoms. The molecule has 2 heterocycles. The fourth-order valence-corrected chi connectivity index (χ4v) is 2.70. The monoisotopic (exact) mass is 372 g/mol. The Bertz CT molecular complexity index is 868. The Labute approximate surface area is 142 Å². The van der Waals surface area contributed by atoms with Crippen LogP contribution in [0.2, 0.25) is 0 Å². The number of aromatic nitrogens is 3. The summed E-state index contributed by atoms with van der Waals surface area (Å²) in [5.41, 5.74) is 2.86. The molecule has 0 atom stereocenters. The van der Waals surface area contributed by atoms with Gasteiger partial charge < -0.3 is 5.32 Å². The second-order valence-electron chi connectivity index (χ2n) is 5.69. The van der Waals surface area contributed by atoms with E-state index in [1.54, 1.807) is 12.3 Å². The summed E-state index contributed by atoms with van der Waals surface area (Å²) in [5, 5.41) is 8.05. The number of hydrogen-bond acceptors (Lipinski definition) is 3. The number of pyridine rings is 1. The molecule has 0 unspecified atom stereocenters. The van der Waals surface area contributed by atoms with Gasteiger partial charge in [0.05, 0.1) is 17.1 Å². The molecule has 6 heteroatoms. The first-order valence-electron chi connectivity index (χ1n) is 7.37. The Hall–Kier alpha value is -2.21. The number of hydrogen-bond donors (Lipinski definition) is 1. The zero-order chi connectivity index (χ0) is 16.6. The molecule has 2 aromatic heterocycles. The molecule has 0 aliphatic rings. The highest BCUT2D eigenvalue weighted by molar-refractivity contribution is 9.10. The van der Waals surface area contributed by atoms with Gasteiger partial charge in [0.2, 0.25) is 0 Å². The molecule has 23 heavy (non-hydrogen) atoms. The lowest BCUT2D eigenvalue weighted by atomic mass is 10.1. The van der Waals surface area contributed by atoms with Crippen LogP contribution in [-0.2, 0) is 0 Å². The third-order valence-electron chi connectivity index (χ3n) is 3.53. The minimum absolute atomic E-state index is 0.161. The number of amides is 1. The average Bonchev–Trinajstić information content (AvgIpc) is 2.92. The number of anilines is 1. The van der Waals surface area contributed by atoms with Gasteiger partial charge in [0, 0.05) is 21.9 Å². The third kappa shape index (κ3) is 3.12. The van der Waals surface area contributed by atoms with Crippen molar-refractivity contribution in [2.75, 3.05) is 5.32 Å². The molecule has 0 aliphatic carbocycles. The molecule has 0 aliphatic heterocycles. The van der Waals surface area contributed by atoms with Gasteiger partial charge >= 0.3 is 0 Å². The number of nitrogens with one attached hydrogen (secondary N) is 1. The lowest BCUT2D eigenvalue weighted by molar-refractivity contribution is 0.102. The predicted molar refractivity (Wildman–Crippen MR) is 94.7 cm³/mol. The van der Waals surface area contributed by atoms with Crippen molar-refractivity contribution in [1.29, 1.82) is 0 Å². The van der Waals surface area contributed by atoms with Crippen molar-refractivity contribution in [3.8, 4) is 0 Å². The minimum Gasteiger partial charge on any atom is -0.322 e. The molecular weight excluding hydrogens is 356 g/mol. The van der Waals surface area contributed by atoms with Crippen LogP contribution in [0, 0.1) is 6.92 Å². The van der Waals surface area contributed by atoms with Crippen molar-refractivity contribution in [2.45, 2.75) is 26.8 Å². The van der Waals surface area contributed by atoms with Crippen LogP contribution in [0.15, 0.2) is 41.0 Å². The average molecular weight is 373 g/mol. The van der Waals surface area contributed by atoms with Crippen molar-refractivity contribution in [3.05, 3.63) is 52.3 Å². The first-order chi connectivity index (χ1) is 11.0. The summed E-state index contributed by atoms with van der Waals surface area (Å²) in [5.74, 6) is -0.161. The van der Waals surface area contributed by atoms with E-state index >= 15 is 0 Å². The van der Waals surface area contributed by atoms with Crippen LogP contribution >= 0.6 is 15.9 Å². The molecule has 3 aromatic rings. The highest BCUT2D eigenvalue weighted by Crippen LogP contribution is 2.22. The number of nitrogens with zero attached hydrogens (tertiary/aromatic N) is 3. The van der Waals surface area contributed by atoms with E-state index in [2.05, 4.69) is 31.3 Å². The van der Waals surface area contributed by atoms with Crippen molar-refractivity contribution >= 4 is 38.6 Å². The molecule has 3 rings (SSSR count). The van der Waals surface area contributed by atoms with Gasteiger partial charge in [-0.25, -0.2) is 9.67 Å². The highest BCUT2D eigenvalue weighted by atomic mass is 79.9. The van der Waals surface area contributed by atoms with E-state index in [1.165, 1.54) is 0 Å². The first kappa shape index (κ1) is 15.7. The SMILES string of the molecule is Cc1cc(C(=O)Nc2ccc(Br)cc2)c2cnn(C(C)C)c2n1. The van der Waals surface area contributed by atoms with Gasteiger partial charge in [-0.15, -0.1) is 0 Å². The van der Waals surface area contributed by atoms with Gasteiger partial charge in [-0.3, -0.25) is 4.79 Å². The maximum Gasteiger partial charge on any atom is 0.256 e. The van der Waals surface area contributed by atoms with E-state index in [4.69, 9.17) is 0 Å². The van der Waals surface area contributed by atoms with Gasteiger partial charge in [-0.05, 0) is 51.1 Å². The van der Waals surface area contributed by atoms with Crippen LogP contribution in [0.5, 0.6) is 0 Å². The number of aryl methyl sites for hydroxylation is 1. The van der Waals surface area contributed by atoms with E-state index < -0.39 is 0 Å². The fourth-order valence-electron chi connectivity index (χ4n) is 2.44. The van der Waals surface area contributed by atoms with Crippen LogP contribution in [0.1, 0.15) is 35.9 Å². The van der Waals surface area contributed by atoms with E-state index in [0.717, 1.165) is 26.9 Å². The summed E-state index contributed by atoms with van der Waals surface area (Å²) in [6, 6.07) is 9.46. The van der Waals surface area contributed by atoms with Crippen LogP contribution in [0.25, 0.3) is 11.0 Å². The Balaban J connectivity index is 2.01. The summed E-state index contributed by atoms with van der Waals surface area (Å²) in [6.45, 7) is 5.96. The molecular formula is C17H17BrN4O. The van der Waals surface area contributed by atoms with Gasteiger partial charge in [0.1, 0.15) is 0 Å². The summed E-state index contributed by atoms with van der Waals surface area (Å²) < 4.78 is 2.80. The number of fused-ring (bicyclic) bond motifs is 1. The zero-order valence-electron chi connectivity index (χ0n) is 13.2. The zero-order valence-corrected chi connectivity index (χ0v) is 14.8. The number of rotatable bonds is 3. The number of carbonyl (C=O) groups is 1. The van der Waals surface area contributed by atoms with Gasteiger partial charge in [0.15, 0.2) is 5.65 Å². The van der Waals surface area contributed by atoms with Gasteiger partial charge in [-0.2, -0.15) is 5.10 Å². The van der Waals surface area contributed by atoms with Crippen molar-refractivity contribution in [2.24, 2.45) is 0 Å². The Morgan fingerprint density at radius 3 is 2.61 bits per heavy atom. The Kier molecular flexibility index (Phi) is 4.17. The van der Waals surface area contributed by atoms with E-state index in [-0.39, 0.29) is 11.9 Å². The second kappa shape index (κ2) is 6.12. The van der Waals surface area contributed by atoms with E-state index in [0.29, 0.717) is 5.56 Å². The normalized spacial score (nSPS) is 11.2. The molecule has 5 nitrogen and oxygen atoms in total. The first-order valence-corrected chi connectivity index (χ1v) is 8.17. The lowest BCUT2D eigenvalue weighted by Crippen LogP contribution is -2.13. The molecule has 0 spiro atoms. The molecule has 1 aromatic carbocycles. The predicted octanol–water partition coefficient (Wildman–Crippen LogP) is 4.34. The molecule has 0 radical (unpaired) electrons. The summed E-state index contributed by atoms with van der Waals surface area (Å²) in [6.07, 6.45) is 1.71. The third-order valence-corrected chi connectivity index (χ3v) is 4.06. The van der Waals surface area contributed by atoms with Crippen molar-refractivity contribution < 1.29 is 4.79 Å². The fraction of sp³-hybridized carbons (Fsp3) is 0.235. The van der Waals surface area contributed by atoms with Crippen LogP contribution in [-0.4, -0.2) is 20.7 Å². The lowest BCUT2D eigenvalue weighted by Gasteiger charge is -2.09. The van der Waals surface area contributed by atoms with Crippen LogP contribution < -0.4 is 5.32 Å². The van der Waals surface area contributed by atoms with Gasteiger partial charge in [-0.1, -0.05) is 15.9 Å². The van der Waals surface area contributed by atoms with Crippen LogP contribution in [0.4, 0.5) is 5.69 Å². The summed E-state index contributed by atoms with van der Waals surface area (Å²) in [4.78, 5) is 17.2. The summed E-state index contributed by atoms with van der Waals surface area (Å²) in [7, 11) is 0. The second-order valence-corrected chi connectivity index (χ2v) is 6.61. The van der Waals surface area contributed by atoms with E-state index in [1.807, 2.05) is 49.7 Å². The topological polar surface area (TPSA) is 59.8 Å². The van der Waals surface area contributed by atoms with Crippen molar-refractivity contribution in [1.82, 2.24) is 14.8 Å². The molecule has 1 amide bonds. The maximum atomic E-state index is 12.7. The number of carbonyl (C=O) groups excluding carboxylic acids is 1. The molecule has 0 fully saturated rings. The quantitative estimate of drug-likeness (QED) is 0.743. The summed E-state index contributed by atoms with van der Waals surface area (Å²) >= 11 is 3.38. The molecule has 118 valence electrons. The highest BCUT2D eigenvalue weighted by Gasteiger charge is 2.17. The van der Waals surface area contributed by atoms with Gasteiger partial charge in [0.25, 0.3) is 5.91 Å². The molecule has 1 N–H and O–H groups in total. The largest absolute Gasteiger partial charge is 0.322 e.